The molecule has 0 radical (unpaired) electrons. The lowest BCUT2D eigenvalue weighted by Gasteiger charge is -2.17. The van der Waals surface area contributed by atoms with Crippen molar-refractivity contribution in [3.05, 3.63) is 48.0 Å². The molecule has 0 saturated carbocycles. The molecule has 0 spiro atoms. The Morgan fingerprint density at radius 2 is 1.71 bits per heavy atom. The van der Waals surface area contributed by atoms with Crippen LogP contribution >= 0.6 is 0 Å². The fourth-order valence-corrected chi connectivity index (χ4v) is 3.32. The maximum Gasteiger partial charge on any atom is 0.0483 e. The Kier molecular flexibility index (Phi) is 3.70. The summed E-state index contributed by atoms with van der Waals surface area (Å²) >= 11 is 0. The summed E-state index contributed by atoms with van der Waals surface area (Å²) < 4.78 is 0. The predicted molar refractivity (Wildman–Crippen MR) is 67.4 cm³/mol. The van der Waals surface area contributed by atoms with E-state index in [1.807, 2.05) is 0 Å². The van der Waals surface area contributed by atoms with E-state index < -0.39 is 8.07 Å². The fourth-order valence-electron chi connectivity index (χ4n) is 1.70. The quantitative estimate of drug-likeness (QED) is 0.511. The van der Waals surface area contributed by atoms with Gasteiger partial charge in [-0.2, -0.15) is 0 Å². The molecule has 0 amide bonds. The molecule has 0 aliphatic heterocycles. The van der Waals surface area contributed by atoms with Crippen molar-refractivity contribution >= 4 is 8.07 Å². The molecule has 14 heavy (non-hydrogen) atoms. The summed E-state index contributed by atoms with van der Waals surface area (Å²) in [6.07, 6.45) is 1.05. The Labute approximate surface area is 88.7 Å². The number of allylic oxidation sites excluding steroid dienone is 1. The van der Waals surface area contributed by atoms with Gasteiger partial charge >= 0.3 is 0 Å². The van der Waals surface area contributed by atoms with Crippen LogP contribution in [0.5, 0.6) is 0 Å². The van der Waals surface area contributed by atoms with Gasteiger partial charge in [-0.25, -0.2) is 0 Å². The van der Waals surface area contributed by atoms with E-state index in [9.17, 15) is 0 Å². The monoisotopic (exact) mass is 204 g/mol. The van der Waals surface area contributed by atoms with Crippen molar-refractivity contribution in [2.75, 3.05) is 0 Å². The van der Waals surface area contributed by atoms with Gasteiger partial charge in [0.15, 0.2) is 0 Å². The first-order valence-corrected chi connectivity index (χ1v) is 8.89. The summed E-state index contributed by atoms with van der Waals surface area (Å²) in [5, 5.41) is 0. The van der Waals surface area contributed by atoms with Gasteiger partial charge in [0.05, 0.1) is 0 Å². The van der Waals surface area contributed by atoms with Gasteiger partial charge in [0.25, 0.3) is 0 Å². The predicted octanol–water partition coefficient (Wildman–Crippen LogP) is 4.12. The van der Waals surface area contributed by atoms with Crippen molar-refractivity contribution in [1.82, 2.24) is 0 Å². The lowest BCUT2D eigenvalue weighted by molar-refractivity contribution is 1.13. The van der Waals surface area contributed by atoms with E-state index in [2.05, 4.69) is 56.6 Å². The van der Waals surface area contributed by atoms with Crippen LogP contribution in [0.4, 0.5) is 0 Å². The molecule has 0 saturated heterocycles. The number of rotatable bonds is 4. The summed E-state index contributed by atoms with van der Waals surface area (Å²) in [4.78, 5) is 0. The molecule has 0 heterocycles. The lowest BCUT2D eigenvalue weighted by atomic mass is 10.1. The molecule has 0 nitrogen and oxygen atoms in total. The Hall–Kier alpha value is -0.823. The molecule has 0 unspecified atom stereocenters. The van der Waals surface area contributed by atoms with Crippen LogP contribution < -0.4 is 0 Å². The first-order chi connectivity index (χ1) is 6.47. The first kappa shape index (κ1) is 11.3. The SMILES string of the molecule is C=C(Cc1ccccc1)C[Si](C)(C)C. The molecular weight excluding hydrogens is 184 g/mol. The molecule has 0 bridgehead atoms. The molecular formula is C13H20Si. The summed E-state index contributed by atoms with van der Waals surface area (Å²) in [5.41, 5.74) is 2.77. The van der Waals surface area contributed by atoms with Gasteiger partial charge in [-0.1, -0.05) is 62.1 Å². The van der Waals surface area contributed by atoms with Gasteiger partial charge in [0, 0.05) is 8.07 Å². The maximum atomic E-state index is 4.17. The zero-order chi connectivity index (χ0) is 10.6. The van der Waals surface area contributed by atoms with E-state index in [-0.39, 0.29) is 0 Å². The second-order valence-corrected chi connectivity index (χ2v) is 10.6. The Balaban J connectivity index is 2.50. The van der Waals surface area contributed by atoms with Gasteiger partial charge in [-0.15, -0.1) is 0 Å². The largest absolute Gasteiger partial charge is 0.0998 e. The highest BCUT2D eigenvalue weighted by molar-refractivity contribution is 6.76. The van der Waals surface area contributed by atoms with E-state index in [1.54, 1.807) is 0 Å². The van der Waals surface area contributed by atoms with Crippen molar-refractivity contribution in [3.8, 4) is 0 Å². The highest BCUT2D eigenvalue weighted by atomic mass is 28.3. The molecule has 1 aromatic rings. The zero-order valence-electron chi connectivity index (χ0n) is 9.51. The fraction of sp³-hybridized carbons (Fsp3) is 0.385. The summed E-state index contributed by atoms with van der Waals surface area (Å²) in [6.45, 7) is 11.3. The lowest BCUT2D eigenvalue weighted by Crippen LogP contribution is -2.20. The van der Waals surface area contributed by atoms with Gasteiger partial charge < -0.3 is 0 Å². The summed E-state index contributed by atoms with van der Waals surface area (Å²) in [7, 11) is -0.974. The number of benzene rings is 1. The third kappa shape index (κ3) is 4.42. The number of hydrogen-bond acceptors (Lipinski definition) is 0. The van der Waals surface area contributed by atoms with Crippen LogP contribution in [-0.4, -0.2) is 8.07 Å². The molecule has 0 aromatic heterocycles. The van der Waals surface area contributed by atoms with E-state index >= 15 is 0 Å². The standard InChI is InChI=1S/C13H20Si/c1-12(11-14(2,3)4)10-13-8-6-5-7-9-13/h5-9H,1,10-11H2,2-4H3. The zero-order valence-corrected chi connectivity index (χ0v) is 10.5. The molecule has 76 valence electrons. The van der Waals surface area contributed by atoms with Crippen LogP contribution in [0.1, 0.15) is 5.56 Å². The van der Waals surface area contributed by atoms with Crippen LogP contribution in [0.3, 0.4) is 0 Å². The minimum absolute atomic E-state index is 0.974. The highest BCUT2D eigenvalue weighted by Crippen LogP contribution is 2.18. The average Bonchev–Trinajstić information content (AvgIpc) is 2.02. The van der Waals surface area contributed by atoms with Crippen LogP contribution in [0.2, 0.25) is 25.7 Å². The molecule has 0 aliphatic rings. The van der Waals surface area contributed by atoms with E-state index in [4.69, 9.17) is 0 Å². The molecule has 1 heteroatoms. The second-order valence-electron chi connectivity index (χ2n) is 5.15. The van der Waals surface area contributed by atoms with E-state index in [0.717, 1.165) is 6.42 Å². The van der Waals surface area contributed by atoms with Crippen molar-refractivity contribution in [1.29, 1.82) is 0 Å². The van der Waals surface area contributed by atoms with Crippen LogP contribution in [-0.2, 0) is 6.42 Å². The van der Waals surface area contributed by atoms with Gasteiger partial charge in [-0.05, 0) is 18.0 Å². The van der Waals surface area contributed by atoms with Gasteiger partial charge in [0.1, 0.15) is 0 Å². The van der Waals surface area contributed by atoms with Crippen LogP contribution in [0.25, 0.3) is 0 Å². The number of hydrogen-bond donors (Lipinski definition) is 0. The van der Waals surface area contributed by atoms with Gasteiger partial charge in [-0.3, -0.25) is 0 Å². The minimum Gasteiger partial charge on any atom is -0.0998 e. The Morgan fingerprint density at radius 3 is 2.21 bits per heavy atom. The highest BCUT2D eigenvalue weighted by Gasteiger charge is 2.14. The Bertz CT molecular complexity index is 293. The second kappa shape index (κ2) is 4.60. The third-order valence-corrected chi connectivity index (χ3v) is 3.64. The van der Waals surface area contributed by atoms with Crippen LogP contribution in [0, 0.1) is 0 Å². The van der Waals surface area contributed by atoms with Crippen LogP contribution in [0.15, 0.2) is 42.5 Å². The molecule has 0 N–H and O–H groups in total. The van der Waals surface area contributed by atoms with Gasteiger partial charge in [0.2, 0.25) is 0 Å². The molecule has 0 atom stereocenters. The smallest absolute Gasteiger partial charge is 0.0483 e. The first-order valence-electron chi connectivity index (χ1n) is 5.18. The molecule has 0 fully saturated rings. The van der Waals surface area contributed by atoms with Crippen molar-refractivity contribution in [2.24, 2.45) is 0 Å². The topological polar surface area (TPSA) is 0 Å². The molecule has 1 aromatic carbocycles. The normalized spacial score (nSPS) is 11.4. The molecule has 0 aliphatic carbocycles. The Morgan fingerprint density at radius 1 is 1.14 bits per heavy atom. The van der Waals surface area contributed by atoms with Crippen molar-refractivity contribution in [3.63, 3.8) is 0 Å². The molecule has 1 rings (SSSR count). The summed E-state index contributed by atoms with van der Waals surface area (Å²) in [5.74, 6) is 0. The van der Waals surface area contributed by atoms with E-state index in [0.29, 0.717) is 0 Å². The average molecular weight is 204 g/mol. The third-order valence-electron chi connectivity index (χ3n) is 2.08. The van der Waals surface area contributed by atoms with E-state index in [1.165, 1.54) is 17.2 Å². The van der Waals surface area contributed by atoms with Crippen molar-refractivity contribution in [2.45, 2.75) is 32.1 Å². The summed E-state index contributed by atoms with van der Waals surface area (Å²) in [6, 6.07) is 11.8. The van der Waals surface area contributed by atoms with Crippen molar-refractivity contribution < 1.29 is 0 Å². The minimum atomic E-state index is -0.974. The maximum absolute atomic E-state index is 4.17.